The first-order valence-electron chi connectivity index (χ1n) is 9.15. The van der Waals surface area contributed by atoms with Gasteiger partial charge in [0.2, 0.25) is 5.91 Å². The van der Waals surface area contributed by atoms with Gasteiger partial charge in [-0.15, -0.1) is 0 Å². The van der Waals surface area contributed by atoms with Crippen molar-refractivity contribution < 1.29 is 22.8 Å². The summed E-state index contributed by atoms with van der Waals surface area (Å²) in [5.74, 6) is -0.603. The monoisotopic (exact) mass is 401 g/mol. The number of anilines is 1. The van der Waals surface area contributed by atoms with Crippen LogP contribution in [0, 0.1) is 0 Å². The fourth-order valence-electron chi connectivity index (χ4n) is 2.93. The molecule has 2 rings (SSSR count). The number of hydrogen-bond acceptors (Lipinski definition) is 4. The molecular formula is C18H26F3N5O2. The zero-order chi connectivity index (χ0) is 20.7. The lowest BCUT2D eigenvalue weighted by Gasteiger charge is -2.36. The Hall–Kier alpha value is -2.49. The van der Waals surface area contributed by atoms with E-state index in [1.54, 1.807) is 6.07 Å². The molecule has 1 atom stereocenters. The van der Waals surface area contributed by atoms with Crippen LogP contribution in [-0.2, 0) is 11.0 Å². The lowest BCUT2D eigenvalue weighted by molar-refractivity contribution is -0.137. The molecule has 0 bridgehead atoms. The summed E-state index contributed by atoms with van der Waals surface area (Å²) in [5, 5.41) is 5.09. The quantitative estimate of drug-likeness (QED) is 0.603. The van der Waals surface area contributed by atoms with Gasteiger partial charge in [0.15, 0.2) is 0 Å². The highest BCUT2D eigenvalue weighted by molar-refractivity contribution is 5.85. The van der Waals surface area contributed by atoms with Crippen LogP contribution >= 0.6 is 0 Å². The number of benzene rings is 1. The molecular weight excluding hydrogens is 375 g/mol. The van der Waals surface area contributed by atoms with Crippen molar-refractivity contribution in [3.8, 4) is 0 Å². The maximum absolute atomic E-state index is 12.9. The van der Waals surface area contributed by atoms with Gasteiger partial charge in [0, 0.05) is 38.4 Å². The summed E-state index contributed by atoms with van der Waals surface area (Å²) in [6, 6.07) is 4.21. The molecule has 1 aliphatic heterocycles. The van der Waals surface area contributed by atoms with E-state index in [9.17, 15) is 22.8 Å². The molecule has 0 spiro atoms. The van der Waals surface area contributed by atoms with Crippen molar-refractivity contribution in [1.29, 1.82) is 0 Å². The van der Waals surface area contributed by atoms with Crippen LogP contribution in [-0.4, -0.2) is 62.1 Å². The summed E-state index contributed by atoms with van der Waals surface area (Å²) in [5.41, 5.74) is 5.01. The molecule has 1 saturated heterocycles. The Bertz CT molecular complexity index is 675. The highest BCUT2D eigenvalue weighted by atomic mass is 19.4. The van der Waals surface area contributed by atoms with Gasteiger partial charge in [-0.05, 0) is 38.1 Å². The molecule has 28 heavy (non-hydrogen) atoms. The number of nitrogens with zero attached hydrogens (tertiary/aromatic N) is 2. The first-order valence-corrected chi connectivity index (χ1v) is 9.15. The Balaban J connectivity index is 1.69. The topological polar surface area (TPSA) is 90.7 Å². The Morgan fingerprint density at radius 2 is 1.89 bits per heavy atom. The molecule has 0 radical (unpaired) electrons. The minimum absolute atomic E-state index is 0.444. The normalized spacial score (nSPS) is 16.5. The number of rotatable bonds is 7. The zero-order valence-corrected chi connectivity index (χ0v) is 15.8. The second-order valence-electron chi connectivity index (χ2n) is 6.75. The number of nitrogens with one attached hydrogen (secondary N) is 2. The molecule has 7 nitrogen and oxygen atoms in total. The molecule has 3 amide bonds. The number of piperazine rings is 1. The van der Waals surface area contributed by atoms with E-state index in [2.05, 4.69) is 15.5 Å². The predicted molar refractivity (Wildman–Crippen MR) is 99.9 cm³/mol. The largest absolute Gasteiger partial charge is 0.416 e. The zero-order valence-electron chi connectivity index (χ0n) is 15.8. The van der Waals surface area contributed by atoms with Crippen molar-refractivity contribution in [2.45, 2.75) is 25.6 Å². The lowest BCUT2D eigenvalue weighted by Crippen LogP contribution is -2.48. The van der Waals surface area contributed by atoms with Crippen molar-refractivity contribution in [3.63, 3.8) is 0 Å². The van der Waals surface area contributed by atoms with E-state index in [0.717, 1.165) is 32.1 Å². The number of nitrogens with two attached hydrogens (primary N) is 1. The average Bonchev–Trinajstić information content (AvgIpc) is 2.65. The third-order valence-electron chi connectivity index (χ3n) is 4.62. The standard InChI is InChI=1S/C18H26F3N5O2/c1-13(16(22)27)24-17(28)23-6-3-7-25-8-10-26(11-9-25)15-5-2-4-14(12-15)18(19,20)21/h2,4-5,12-13H,3,6-11H2,1H3,(H2,22,27)(H2,23,24,28)/t13-/m0/s1. The number of alkyl halides is 3. The highest BCUT2D eigenvalue weighted by Gasteiger charge is 2.31. The second kappa shape index (κ2) is 9.63. The predicted octanol–water partition coefficient (Wildman–Crippen LogP) is 1.39. The van der Waals surface area contributed by atoms with Crippen LogP contribution in [0.4, 0.5) is 23.7 Å². The summed E-state index contributed by atoms with van der Waals surface area (Å²) in [6.07, 6.45) is -3.62. The first kappa shape index (κ1) is 21.8. The Morgan fingerprint density at radius 3 is 2.50 bits per heavy atom. The SMILES string of the molecule is C[C@H](NC(=O)NCCCN1CCN(c2cccc(C(F)(F)F)c2)CC1)C(N)=O. The number of carbonyl (C=O) groups excluding carboxylic acids is 2. The Morgan fingerprint density at radius 1 is 1.21 bits per heavy atom. The van der Waals surface area contributed by atoms with Crippen LogP contribution in [0.25, 0.3) is 0 Å². The Kier molecular flexibility index (Phi) is 7.50. The van der Waals surface area contributed by atoms with Crippen molar-refractivity contribution in [2.24, 2.45) is 5.73 Å². The fourth-order valence-corrected chi connectivity index (χ4v) is 2.93. The van der Waals surface area contributed by atoms with E-state index in [-0.39, 0.29) is 0 Å². The molecule has 0 aliphatic carbocycles. The Labute approximate surface area is 162 Å². The fraction of sp³-hybridized carbons (Fsp3) is 0.556. The molecule has 4 N–H and O–H groups in total. The third kappa shape index (κ3) is 6.59. The maximum atomic E-state index is 12.9. The molecule has 1 aromatic rings. The van der Waals surface area contributed by atoms with Gasteiger partial charge in [0.05, 0.1) is 5.56 Å². The molecule has 0 saturated carbocycles. The van der Waals surface area contributed by atoms with Gasteiger partial charge in [-0.1, -0.05) is 6.07 Å². The van der Waals surface area contributed by atoms with Crippen molar-refractivity contribution >= 4 is 17.6 Å². The van der Waals surface area contributed by atoms with Crippen LogP contribution < -0.4 is 21.3 Å². The van der Waals surface area contributed by atoms with Crippen LogP contribution in [0.5, 0.6) is 0 Å². The minimum Gasteiger partial charge on any atom is -0.369 e. The number of primary amides is 1. The first-order chi connectivity index (χ1) is 13.2. The van der Waals surface area contributed by atoms with Gasteiger partial charge < -0.3 is 21.3 Å². The maximum Gasteiger partial charge on any atom is 0.416 e. The van der Waals surface area contributed by atoms with Gasteiger partial charge in [0.1, 0.15) is 6.04 Å². The number of hydrogen-bond donors (Lipinski definition) is 3. The van der Waals surface area contributed by atoms with Gasteiger partial charge in [-0.3, -0.25) is 9.69 Å². The molecule has 0 aromatic heterocycles. The smallest absolute Gasteiger partial charge is 0.369 e. The minimum atomic E-state index is -4.34. The van der Waals surface area contributed by atoms with Crippen molar-refractivity contribution in [1.82, 2.24) is 15.5 Å². The number of amides is 3. The molecule has 0 unspecified atom stereocenters. The summed E-state index contributed by atoms with van der Waals surface area (Å²) in [4.78, 5) is 26.6. The molecule has 1 heterocycles. The molecule has 1 aliphatic rings. The highest BCUT2D eigenvalue weighted by Crippen LogP contribution is 2.31. The molecule has 1 fully saturated rings. The summed E-state index contributed by atoms with van der Waals surface area (Å²) in [7, 11) is 0. The van der Waals surface area contributed by atoms with Gasteiger partial charge in [-0.2, -0.15) is 13.2 Å². The summed E-state index contributed by atoms with van der Waals surface area (Å²) < 4.78 is 38.6. The van der Waals surface area contributed by atoms with Crippen molar-refractivity contribution in [2.75, 3.05) is 44.2 Å². The average molecular weight is 401 g/mol. The number of urea groups is 1. The summed E-state index contributed by atoms with van der Waals surface area (Å²) >= 11 is 0. The van der Waals surface area contributed by atoms with Crippen molar-refractivity contribution in [3.05, 3.63) is 29.8 Å². The van der Waals surface area contributed by atoms with Gasteiger partial charge in [-0.25, -0.2) is 4.79 Å². The number of halogens is 3. The lowest BCUT2D eigenvalue weighted by atomic mass is 10.1. The van der Waals surface area contributed by atoms with E-state index >= 15 is 0 Å². The van der Waals surface area contributed by atoms with E-state index in [1.165, 1.54) is 19.1 Å². The van der Waals surface area contributed by atoms with E-state index in [4.69, 9.17) is 5.73 Å². The van der Waals surface area contributed by atoms with Crippen LogP contribution in [0.3, 0.4) is 0 Å². The van der Waals surface area contributed by atoms with Crippen LogP contribution in [0.2, 0.25) is 0 Å². The van der Waals surface area contributed by atoms with Gasteiger partial charge in [0.25, 0.3) is 0 Å². The molecule has 1 aromatic carbocycles. The van der Waals surface area contributed by atoms with Crippen LogP contribution in [0.15, 0.2) is 24.3 Å². The van der Waals surface area contributed by atoms with E-state index in [0.29, 0.717) is 25.3 Å². The van der Waals surface area contributed by atoms with Crippen LogP contribution in [0.1, 0.15) is 18.9 Å². The second-order valence-corrected chi connectivity index (χ2v) is 6.75. The number of carbonyl (C=O) groups is 2. The van der Waals surface area contributed by atoms with Gasteiger partial charge >= 0.3 is 12.2 Å². The third-order valence-corrected chi connectivity index (χ3v) is 4.62. The molecule has 156 valence electrons. The van der Waals surface area contributed by atoms with E-state index < -0.39 is 29.7 Å². The summed E-state index contributed by atoms with van der Waals surface area (Å²) in [6.45, 7) is 5.48. The molecule has 10 heteroatoms. The van der Waals surface area contributed by atoms with E-state index in [1.807, 2.05) is 4.90 Å².